The molecule has 139 heavy (non-hydrogen) atoms. The Balaban J connectivity index is 0.000000134. The van der Waals surface area contributed by atoms with Gasteiger partial charge >= 0.3 is 0 Å². The molecule has 0 bridgehead atoms. The molecule has 8 aromatic carbocycles. The van der Waals surface area contributed by atoms with Crippen molar-refractivity contribution in [3.8, 4) is 0 Å². The van der Waals surface area contributed by atoms with Gasteiger partial charge in [-0.15, -0.1) is 0 Å². The van der Waals surface area contributed by atoms with Gasteiger partial charge in [0.25, 0.3) is 23.6 Å². The number of carbonyl (C=O) groups is 4. The molecule has 4 aromatic heterocycles. The zero-order valence-corrected chi connectivity index (χ0v) is 80.1. The third kappa shape index (κ3) is 19.4. The Hall–Kier alpha value is -15.6. The number of benzene rings is 8. The summed E-state index contributed by atoms with van der Waals surface area (Å²) in [5, 5.41) is 42.3. The van der Waals surface area contributed by atoms with Crippen LogP contribution in [0.4, 0.5) is 91.2 Å². The van der Waals surface area contributed by atoms with Gasteiger partial charge in [0.15, 0.2) is 34.9 Å². The summed E-state index contributed by atoms with van der Waals surface area (Å²) in [5.74, 6) is 2.88. The van der Waals surface area contributed by atoms with Crippen LogP contribution in [0.3, 0.4) is 0 Å². The minimum absolute atomic E-state index is 0. The van der Waals surface area contributed by atoms with Gasteiger partial charge in [0.05, 0.1) is 80.6 Å². The quantitative estimate of drug-likeness (QED) is 0.0443. The number of aryl methyl sites for hydroxylation is 1. The minimum atomic E-state index is -0.982. The van der Waals surface area contributed by atoms with Crippen molar-refractivity contribution >= 4 is 133 Å². The van der Waals surface area contributed by atoms with E-state index in [2.05, 4.69) is 41.0 Å². The number of carbonyl (C=O) groups excluding carboxylic acids is 4. The van der Waals surface area contributed by atoms with Gasteiger partial charge in [-0.3, -0.25) is 58.4 Å². The van der Waals surface area contributed by atoms with Gasteiger partial charge in [-0.2, -0.15) is 20.4 Å². The lowest BCUT2D eigenvalue weighted by molar-refractivity contribution is 0.0858. The Morgan fingerprint density at radius 1 is 0.360 bits per heavy atom. The summed E-state index contributed by atoms with van der Waals surface area (Å²) < 4.78 is 75.4. The number of aliphatic hydroxyl groups excluding tert-OH is 1. The van der Waals surface area contributed by atoms with Crippen LogP contribution < -0.4 is 40.9 Å². The highest BCUT2D eigenvalue weighted by Gasteiger charge is 2.50. The smallest absolute Gasteiger partial charge is 0.267 e. The van der Waals surface area contributed by atoms with Crippen molar-refractivity contribution in [3.05, 3.63) is 303 Å². The first-order chi connectivity index (χ1) is 65.3. The number of aliphatic imine (C=N–C) groups is 4. The molecule has 5 N–H and O–H groups in total. The average molecular weight is 1890 g/mol. The molecule has 1 unspecified atom stereocenters. The number of rotatable bonds is 20. The Kier molecular flexibility index (Phi) is 25.8. The Morgan fingerprint density at radius 3 is 0.856 bits per heavy atom. The Bertz CT molecular complexity index is 6830. The average Bonchev–Trinajstić information content (AvgIpc) is 1.59. The molecule has 12 heterocycles. The monoisotopic (exact) mass is 1880 g/mol. The lowest BCUT2D eigenvalue weighted by atomic mass is 10.1. The second-order valence-corrected chi connectivity index (χ2v) is 38.5. The number of aliphatic hydroxyl groups is 1. The van der Waals surface area contributed by atoms with E-state index in [1.54, 1.807) is 112 Å². The highest BCUT2D eigenvalue weighted by molar-refractivity contribution is 6.24. The molecule has 34 heteroatoms. The predicted octanol–water partition coefficient (Wildman–Crippen LogP) is 19.7. The van der Waals surface area contributed by atoms with Gasteiger partial charge in [0, 0.05) is 57.0 Å². The van der Waals surface area contributed by atoms with Crippen molar-refractivity contribution in [1.82, 2.24) is 58.7 Å². The summed E-state index contributed by atoms with van der Waals surface area (Å²) >= 11 is 0. The van der Waals surface area contributed by atoms with Crippen molar-refractivity contribution in [3.63, 3.8) is 0 Å². The van der Waals surface area contributed by atoms with Crippen LogP contribution in [0.2, 0.25) is 0 Å². The van der Waals surface area contributed by atoms with Crippen LogP contribution in [0.15, 0.2) is 222 Å². The van der Waals surface area contributed by atoms with Crippen LogP contribution in [-0.4, -0.2) is 188 Å². The number of anilines is 12. The number of hydrogen-bond acceptors (Lipinski definition) is 21. The fourth-order valence-electron chi connectivity index (χ4n) is 17.5. The number of aromatic nitrogens is 8. The number of allylic oxidation sites excluding steroid dienone is 3. The van der Waals surface area contributed by atoms with Crippen molar-refractivity contribution in [2.45, 2.75) is 152 Å². The van der Waals surface area contributed by atoms with Crippen molar-refractivity contribution < 1.29 is 46.2 Å². The van der Waals surface area contributed by atoms with E-state index in [1.807, 2.05) is 193 Å². The molecule has 0 fully saturated rings. The van der Waals surface area contributed by atoms with Crippen molar-refractivity contribution in [1.29, 1.82) is 0 Å². The molecule has 0 saturated heterocycles. The third-order valence-electron chi connectivity index (χ3n) is 24.7. The SMILES string of the molecule is C.C=C(C)c1ccc(Cn2nc3c(c2Nc2ccc(F)c(C)c2)C(=O)N(C)C2=NC(C)(C)CN23)cc1.C=C(C)c1ccc(Cn2nc3c(c2Nc2ccc(F)c(F)c2)C(=O)N(C)C2=NC(C)(C)CN23)cc1.C=C(C)c1ccc(Cn2nc3c(c2Nc2ccc(F)cc2)C(=O)N(C)C2=NC(C)(C)CN23)cc1.CC(O)c1ccc(Cn2nc3c(c2Nc2ccc(F)cc2)C(=O)N(C)C2=NC(C)(C)CN23)cc1. The maximum atomic E-state index is 14.0. The summed E-state index contributed by atoms with van der Waals surface area (Å²) in [7, 11) is 6.85. The first-order valence-corrected chi connectivity index (χ1v) is 45.2. The highest BCUT2D eigenvalue weighted by atomic mass is 19.2. The van der Waals surface area contributed by atoms with Gasteiger partial charge in [-0.25, -0.2) is 60.6 Å². The molecule has 718 valence electrons. The van der Waals surface area contributed by atoms with Crippen LogP contribution in [0.25, 0.3) is 16.7 Å². The van der Waals surface area contributed by atoms with Crippen LogP contribution in [-0.2, 0) is 26.2 Å². The maximum absolute atomic E-state index is 14.0. The molecule has 20 rings (SSSR count). The predicted molar refractivity (Wildman–Crippen MR) is 540 cm³/mol. The lowest BCUT2D eigenvalue weighted by Gasteiger charge is -2.30. The summed E-state index contributed by atoms with van der Waals surface area (Å²) in [5.41, 5.74) is 14.1. The van der Waals surface area contributed by atoms with Crippen molar-refractivity contribution in [2.75, 3.05) is 95.2 Å². The van der Waals surface area contributed by atoms with Crippen LogP contribution in [0.1, 0.15) is 188 Å². The largest absolute Gasteiger partial charge is 0.389 e. The normalized spacial score (nSPS) is 16.4. The molecule has 8 aliphatic heterocycles. The molecular formula is C105H113F5N24O5. The van der Waals surface area contributed by atoms with E-state index in [4.69, 9.17) is 40.4 Å². The second-order valence-electron chi connectivity index (χ2n) is 38.5. The van der Waals surface area contributed by atoms with Gasteiger partial charge < -0.3 is 26.4 Å². The van der Waals surface area contributed by atoms with E-state index in [1.165, 1.54) is 41.3 Å². The van der Waals surface area contributed by atoms with Gasteiger partial charge in [-0.05, 0) is 219 Å². The molecule has 29 nitrogen and oxygen atoms in total. The highest BCUT2D eigenvalue weighted by Crippen LogP contribution is 2.46. The fourth-order valence-corrected chi connectivity index (χ4v) is 17.5. The fraction of sp³-hybridized carbons (Fsp3) is 0.295. The summed E-state index contributed by atoms with van der Waals surface area (Å²) in [4.78, 5) is 87.0. The first kappa shape index (κ1) is 96.5. The molecule has 0 saturated carbocycles. The molecule has 0 spiro atoms. The number of hydrogen-bond donors (Lipinski definition) is 5. The number of amides is 4. The number of fused-ring (bicyclic) bond motifs is 12. The van der Waals surface area contributed by atoms with Crippen LogP contribution in [0, 0.1) is 36.0 Å². The number of nitrogens with one attached hydrogen (secondary N) is 4. The van der Waals surface area contributed by atoms with E-state index >= 15 is 0 Å². The lowest BCUT2D eigenvalue weighted by Crippen LogP contribution is -2.48. The van der Waals surface area contributed by atoms with Crippen LogP contribution in [0.5, 0.6) is 0 Å². The summed E-state index contributed by atoms with van der Waals surface area (Å²) in [6, 6.07) is 52.2. The molecular weight excluding hydrogens is 1770 g/mol. The second kappa shape index (κ2) is 37.1. The van der Waals surface area contributed by atoms with Gasteiger partial charge in [0.2, 0.25) is 23.8 Å². The zero-order chi connectivity index (χ0) is 98.5. The van der Waals surface area contributed by atoms with Gasteiger partial charge in [0.1, 0.15) is 63.0 Å². The summed E-state index contributed by atoms with van der Waals surface area (Å²) in [6.45, 7) is 41.5. The van der Waals surface area contributed by atoms with E-state index < -0.39 is 17.7 Å². The zero-order valence-electron chi connectivity index (χ0n) is 80.1. The standard InChI is InChI=1S/C27H29FN6O.C26H26F2N6O.C26H27FN6O.C25H27FN6O2.CH4/c1-16(2)19-9-7-18(8-10-19)14-34-23(29-20-11-12-21(28)17(3)13-20)22-24(31-34)33-15-27(4,5)30-26(33)32(6)25(22)35;1-15(2)17-8-6-16(7-9-17)13-34-22(29-18-10-11-19(27)20(28)12-18)21-23(31-34)33-14-26(3,4)30-25(33)32(5)24(21)35;1-16(2)18-8-6-17(7-9-18)14-33-22(28-20-12-10-19(27)11-13-20)21-23(30-33)32-15-26(3,4)29-25(32)31(5)24(21)34;1-15(33)17-7-5-16(6-8-17)13-32-21(27-19-11-9-18(26)10-12-19)20-22(29-32)31-14-25(2,3)28-24(31)30(4)23(20)34;/h7-13,29H,1,14-15H2,2-6H3;6-12,29H,1,13-14H2,2-5H3;6-13,28H,1,14-15H2,2-5H3;5-12,15,27,33H,13-14H2,1-4H3;1H4. The van der Waals surface area contributed by atoms with Crippen LogP contribution >= 0.6 is 0 Å². The number of guanidine groups is 4. The number of halogens is 5. The molecule has 0 aliphatic carbocycles. The Morgan fingerprint density at radius 2 is 0.604 bits per heavy atom. The first-order valence-electron chi connectivity index (χ1n) is 45.2. The molecule has 4 amide bonds. The summed E-state index contributed by atoms with van der Waals surface area (Å²) in [6.07, 6.45) is -0.550. The third-order valence-corrected chi connectivity index (χ3v) is 24.7. The number of nitrogens with zero attached hydrogens (tertiary/aromatic N) is 20. The van der Waals surface area contributed by atoms with E-state index in [0.29, 0.717) is 173 Å². The van der Waals surface area contributed by atoms with Gasteiger partial charge in [-0.1, -0.05) is 141 Å². The molecule has 1 atom stereocenters. The van der Waals surface area contributed by atoms with Crippen molar-refractivity contribution in [2.24, 2.45) is 20.0 Å². The maximum Gasteiger partial charge on any atom is 0.267 e. The molecule has 8 aliphatic rings. The topological polar surface area (TPSA) is 283 Å². The molecule has 12 aromatic rings. The van der Waals surface area contributed by atoms with E-state index in [0.717, 1.165) is 73.4 Å². The van der Waals surface area contributed by atoms with E-state index in [9.17, 15) is 46.2 Å². The molecule has 0 radical (unpaired) electrons. The van der Waals surface area contributed by atoms with E-state index in [-0.39, 0.29) is 70.7 Å². The minimum Gasteiger partial charge on any atom is -0.389 e. The Labute approximate surface area is 804 Å².